The fourth-order valence-electron chi connectivity index (χ4n) is 0.878. The predicted octanol–water partition coefficient (Wildman–Crippen LogP) is 0.341. The molecule has 0 fully saturated rings. The van der Waals surface area contributed by atoms with Gasteiger partial charge in [-0.1, -0.05) is 17.7 Å². The van der Waals surface area contributed by atoms with Gasteiger partial charge in [-0.2, -0.15) is 13.7 Å². The average molecular weight is 211 g/mol. The van der Waals surface area contributed by atoms with Crippen LogP contribution in [0.1, 0.15) is 5.56 Å². The zero-order valence-electron chi connectivity index (χ0n) is 7.51. The number of hydrogen-bond donors (Lipinski definition) is 1. The average Bonchev–Trinajstić information content (AvgIpc) is 2.17. The highest BCUT2D eigenvalue weighted by Gasteiger charge is 2.19. The van der Waals surface area contributed by atoms with E-state index in [4.69, 9.17) is 11.1 Å². The molecule has 0 saturated carbocycles. The van der Waals surface area contributed by atoms with Crippen LogP contribution in [-0.4, -0.2) is 12.8 Å². The van der Waals surface area contributed by atoms with Gasteiger partial charge < -0.3 is 0 Å². The monoisotopic (exact) mass is 211 g/mol. The van der Waals surface area contributed by atoms with Crippen molar-refractivity contribution in [2.45, 2.75) is 11.8 Å². The number of hydrogen-bond acceptors (Lipinski definition) is 4. The Kier molecular flexibility index (Phi) is 2.74. The lowest BCUT2D eigenvalue weighted by Gasteiger charge is -2.09. The summed E-state index contributed by atoms with van der Waals surface area (Å²) in [6, 6.07) is 6.08. The third kappa shape index (κ3) is 1.84. The van der Waals surface area contributed by atoms with Gasteiger partial charge in [-0.25, -0.2) is 5.84 Å². The molecule has 1 aromatic rings. The van der Waals surface area contributed by atoms with Crippen LogP contribution in [0.25, 0.3) is 0 Å². The molecule has 6 heteroatoms. The zero-order chi connectivity index (χ0) is 10.8. The van der Waals surface area contributed by atoms with E-state index in [0.717, 1.165) is 5.56 Å². The predicted molar refractivity (Wildman–Crippen MR) is 50.0 cm³/mol. The number of nitriles is 1. The number of nitrogens with two attached hydrogens (primary N) is 1. The van der Waals surface area contributed by atoms with E-state index in [-0.39, 0.29) is 9.31 Å². The first-order valence-electron chi connectivity index (χ1n) is 3.75. The summed E-state index contributed by atoms with van der Waals surface area (Å²) in [5.41, 5.74) is 0.935. The van der Waals surface area contributed by atoms with Crippen LogP contribution in [0.2, 0.25) is 0 Å². The van der Waals surface area contributed by atoms with E-state index in [1.54, 1.807) is 12.1 Å². The summed E-state index contributed by atoms with van der Waals surface area (Å²) in [5.74, 6) is 5.01. The lowest BCUT2D eigenvalue weighted by Crippen LogP contribution is -2.32. The lowest BCUT2D eigenvalue weighted by atomic mass is 10.2. The molecule has 1 rings (SSSR count). The molecular weight excluding hydrogens is 202 g/mol. The summed E-state index contributed by atoms with van der Waals surface area (Å²) in [6.07, 6.45) is 1.34. The molecule has 0 radical (unpaired) electrons. The first kappa shape index (κ1) is 10.5. The van der Waals surface area contributed by atoms with Crippen molar-refractivity contribution in [2.24, 2.45) is 5.84 Å². The third-order valence-electron chi connectivity index (χ3n) is 1.68. The Morgan fingerprint density at radius 2 is 1.86 bits per heavy atom. The van der Waals surface area contributed by atoms with Crippen LogP contribution in [0.5, 0.6) is 0 Å². The minimum absolute atomic E-state index is 0.00662. The molecule has 0 bridgehead atoms. The maximum atomic E-state index is 11.5. The highest BCUT2D eigenvalue weighted by atomic mass is 32.2. The number of sulfonamides is 1. The number of rotatable bonds is 2. The molecule has 0 aliphatic rings. The van der Waals surface area contributed by atoms with E-state index in [1.165, 1.54) is 18.3 Å². The molecule has 0 spiro atoms. The second kappa shape index (κ2) is 3.65. The summed E-state index contributed by atoms with van der Waals surface area (Å²) in [5, 5.41) is 8.36. The molecule has 0 aliphatic carbocycles. The number of benzene rings is 1. The van der Waals surface area contributed by atoms with E-state index >= 15 is 0 Å². The second-order valence-corrected chi connectivity index (χ2v) is 4.53. The minimum Gasteiger partial charge on any atom is -0.223 e. The van der Waals surface area contributed by atoms with Gasteiger partial charge in [0.2, 0.25) is 6.19 Å². The van der Waals surface area contributed by atoms with Crippen molar-refractivity contribution in [3.8, 4) is 6.19 Å². The Labute approximate surface area is 82.4 Å². The molecule has 0 heterocycles. The molecule has 5 nitrogen and oxygen atoms in total. The Hall–Kier alpha value is -1.58. The lowest BCUT2D eigenvalue weighted by molar-refractivity contribution is 0.520. The fourth-order valence-corrected chi connectivity index (χ4v) is 1.69. The van der Waals surface area contributed by atoms with Gasteiger partial charge in [0.05, 0.1) is 4.90 Å². The van der Waals surface area contributed by atoms with Gasteiger partial charge in [-0.3, -0.25) is 0 Å². The van der Waals surface area contributed by atoms with Crippen LogP contribution in [0, 0.1) is 18.4 Å². The normalized spacial score (nSPS) is 10.6. The second-order valence-electron chi connectivity index (χ2n) is 2.71. The maximum absolute atomic E-state index is 11.5. The van der Waals surface area contributed by atoms with Crippen molar-refractivity contribution in [3.05, 3.63) is 29.8 Å². The summed E-state index contributed by atoms with van der Waals surface area (Å²) in [4.78, 5) is 0.00662. The van der Waals surface area contributed by atoms with Crippen molar-refractivity contribution in [3.63, 3.8) is 0 Å². The molecule has 0 unspecified atom stereocenters. The largest absolute Gasteiger partial charge is 0.286 e. The van der Waals surface area contributed by atoms with E-state index in [9.17, 15) is 8.42 Å². The Balaban J connectivity index is 3.19. The van der Waals surface area contributed by atoms with Crippen LogP contribution in [0.4, 0.5) is 0 Å². The summed E-state index contributed by atoms with van der Waals surface area (Å²) in [7, 11) is -3.86. The standard InChI is InChI=1S/C8H9N3O2S/c1-7-2-4-8(5-3-7)14(12,13)11(10)6-9/h2-5H,10H2,1H3. The highest BCUT2D eigenvalue weighted by Crippen LogP contribution is 2.12. The van der Waals surface area contributed by atoms with Gasteiger partial charge >= 0.3 is 0 Å². The smallest absolute Gasteiger partial charge is 0.223 e. The van der Waals surface area contributed by atoms with Crippen LogP contribution < -0.4 is 5.84 Å². The Morgan fingerprint density at radius 1 is 1.36 bits per heavy atom. The SMILES string of the molecule is Cc1ccc(S(=O)(=O)N(N)C#N)cc1. The molecule has 14 heavy (non-hydrogen) atoms. The molecule has 0 aromatic heterocycles. The van der Waals surface area contributed by atoms with Crippen molar-refractivity contribution >= 4 is 10.0 Å². The van der Waals surface area contributed by atoms with Crippen molar-refractivity contribution in [1.82, 2.24) is 4.41 Å². The molecular formula is C8H9N3O2S. The van der Waals surface area contributed by atoms with Gasteiger partial charge in [0, 0.05) is 0 Å². The van der Waals surface area contributed by atoms with Gasteiger partial charge in [0.25, 0.3) is 10.0 Å². The van der Waals surface area contributed by atoms with Crippen molar-refractivity contribution in [2.75, 3.05) is 0 Å². The molecule has 74 valence electrons. The van der Waals surface area contributed by atoms with Gasteiger partial charge in [-0.15, -0.1) is 4.41 Å². The molecule has 0 saturated heterocycles. The van der Waals surface area contributed by atoms with Crippen LogP contribution in [-0.2, 0) is 10.0 Å². The topological polar surface area (TPSA) is 87.2 Å². The summed E-state index contributed by atoms with van der Waals surface area (Å²) in [6.45, 7) is 1.83. The van der Waals surface area contributed by atoms with E-state index in [0.29, 0.717) is 0 Å². The third-order valence-corrected chi connectivity index (χ3v) is 3.14. The van der Waals surface area contributed by atoms with E-state index < -0.39 is 10.0 Å². The van der Waals surface area contributed by atoms with Crippen LogP contribution in [0.3, 0.4) is 0 Å². The molecule has 2 N–H and O–H groups in total. The summed E-state index contributed by atoms with van der Waals surface area (Å²) < 4.78 is 23.0. The summed E-state index contributed by atoms with van der Waals surface area (Å²) >= 11 is 0. The first-order chi connectivity index (χ1) is 6.48. The quantitative estimate of drug-likeness (QED) is 0.331. The minimum atomic E-state index is -3.86. The van der Waals surface area contributed by atoms with Crippen molar-refractivity contribution in [1.29, 1.82) is 5.26 Å². The molecule has 0 aliphatic heterocycles. The number of nitrogens with zero attached hydrogens (tertiary/aromatic N) is 2. The van der Waals surface area contributed by atoms with Gasteiger partial charge in [0.15, 0.2) is 0 Å². The van der Waals surface area contributed by atoms with E-state index in [2.05, 4.69) is 0 Å². The van der Waals surface area contributed by atoms with Crippen molar-refractivity contribution < 1.29 is 8.42 Å². The van der Waals surface area contributed by atoms with Crippen LogP contribution in [0.15, 0.2) is 29.2 Å². The highest BCUT2D eigenvalue weighted by molar-refractivity contribution is 7.89. The number of hydrazine groups is 1. The number of aryl methyl sites for hydroxylation is 1. The molecule has 1 aromatic carbocycles. The first-order valence-corrected chi connectivity index (χ1v) is 5.19. The zero-order valence-corrected chi connectivity index (χ0v) is 8.32. The van der Waals surface area contributed by atoms with E-state index in [1.807, 2.05) is 6.92 Å². The van der Waals surface area contributed by atoms with Gasteiger partial charge in [-0.05, 0) is 19.1 Å². The maximum Gasteiger partial charge on any atom is 0.286 e. The fraction of sp³-hybridized carbons (Fsp3) is 0.125. The molecule has 0 atom stereocenters. The Morgan fingerprint density at radius 3 is 2.29 bits per heavy atom. The van der Waals surface area contributed by atoms with Gasteiger partial charge in [0.1, 0.15) is 0 Å². The van der Waals surface area contributed by atoms with Crippen LogP contribution >= 0.6 is 0 Å². The Bertz CT molecular complexity index is 458. The molecule has 0 amide bonds.